The predicted octanol–water partition coefficient (Wildman–Crippen LogP) is 9.05. The lowest BCUT2D eigenvalue weighted by atomic mass is 9.92. The van der Waals surface area contributed by atoms with Gasteiger partial charge in [-0.15, -0.1) is 0 Å². The molecule has 264 valence electrons. The van der Waals surface area contributed by atoms with Gasteiger partial charge in [-0.1, -0.05) is 24.3 Å². The summed E-state index contributed by atoms with van der Waals surface area (Å²) >= 11 is 0. The minimum atomic E-state index is -2.08. The van der Waals surface area contributed by atoms with E-state index in [2.05, 4.69) is 116 Å². The number of hydrogen-bond acceptors (Lipinski definition) is 6. The summed E-state index contributed by atoms with van der Waals surface area (Å²) in [4.78, 5) is 7.93. The fourth-order valence-corrected chi connectivity index (χ4v) is 8.51. The zero-order valence-electron chi connectivity index (χ0n) is 31.3. The number of halogens is 1. The number of hydrogen-bond donors (Lipinski definition) is 0. The highest BCUT2D eigenvalue weighted by atomic mass is 32.2. The number of ether oxygens (including phenoxy) is 2. The minimum absolute atomic E-state index is 0.0279. The summed E-state index contributed by atoms with van der Waals surface area (Å²) in [6.45, 7) is 28.4. The normalized spacial score (nSPS) is 20.8. The number of para-hydroxylation sites is 3. The Labute approximate surface area is 290 Å². The minimum Gasteiger partial charge on any atom is -0.489 e. The number of fused-ring (bicyclic) bond motifs is 3. The molecule has 0 spiro atoms. The van der Waals surface area contributed by atoms with Crippen LogP contribution in [0.3, 0.4) is 0 Å². The fourth-order valence-electron chi connectivity index (χ4n) is 6.93. The fraction of sp³-hybridized carbons (Fsp3) is 0.525. The van der Waals surface area contributed by atoms with E-state index in [0.29, 0.717) is 24.2 Å². The van der Waals surface area contributed by atoms with Crippen LogP contribution in [0.15, 0.2) is 71.6 Å². The van der Waals surface area contributed by atoms with Gasteiger partial charge in [-0.2, -0.15) is 0 Å². The summed E-state index contributed by atoms with van der Waals surface area (Å²) in [5.41, 5.74) is 3.11. The van der Waals surface area contributed by atoms with Crippen LogP contribution in [-0.2, 0) is 9.52 Å². The molecule has 0 N–H and O–H groups in total. The molecule has 0 saturated heterocycles. The highest BCUT2D eigenvalue weighted by Gasteiger charge is 2.40. The van der Waals surface area contributed by atoms with Gasteiger partial charge in [0.05, 0.1) is 34.0 Å². The van der Waals surface area contributed by atoms with E-state index in [4.69, 9.17) is 9.47 Å². The number of nitrogens with zero attached hydrogens (tertiary/aromatic N) is 3. The van der Waals surface area contributed by atoms with Crippen molar-refractivity contribution in [1.29, 1.82) is 0 Å². The first-order chi connectivity index (χ1) is 22.0. The largest absolute Gasteiger partial charge is 0.489 e. The summed E-state index contributed by atoms with van der Waals surface area (Å²) < 4.78 is 37.2. The van der Waals surface area contributed by atoms with Gasteiger partial charge >= 0.3 is 0 Å². The lowest BCUT2D eigenvalue weighted by Crippen LogP contribution is -2.59. The third-order valence-corrected chi connectivity index (χ3v) is 10.8. The quantitative estimate of drug-likeness (QED) is 0.239. The van der Waals surface area contributed by atoms with Gasteiger partial charge in [0.2, 0.25) is 0 Å². The van der Waals surface area contributed by atoms with E-state index in [1.165, 1.54) is 17.8 Å². The Morgan fingerprint density at radius 2 is 1.44 bits per heavy atom. The second kappa shape index (κ2) is 13.5. The molecule has 0 fully saturated rings. The third kappa shape index (κ3) is 8.42. The molecule has 48 heavy (non-hydrogen) atoms. The summed E-state index contributed by atoms with van der Waals surface area (Å²) in [5, 5.41) is 0. The van der Waals surface area contributed by atoms with Gasteiger partial charge < -0.3 is 24.2 Å². The van der Waals surface area contributed by atoms with Crippen molar-refractivity contribution in [2.45, 2.75) is 116 Å². The first-order valence-corrected chi connectivity index (χ1v) is 18.9. The molecule has 0 bridgehead atoms. The number of rotatable bonds is 1. The molecule has 6 rings (SSSR count). The molecule has 0 radical (unpaired) electrons. The molecule has 3 aliphatic heterocycles. The molecule has 0 saturated carbocycles. The molecule has 6 nitrogen and oxygen atoms in total. The van der Waals surface area contributed by atoms with Crippen molar-refractivity contribution in [3.8, 4) is 11.5 Å². The second-order valence-electron chi connectivity index (χ2n) is 16.6. The molecule has 1 unspecified atom stereocenters. The molecule has 1 atom stereocenters. The molecule has 0 aliphatic carbocycles. The van der Waals surface area contributed by atoms with Crippen LogP contribution in [0.1, 0.15) is 83.1 Å². The Kier molecular flexibility index (Phi) is 10.5. The standard InChI is InChI=1S/C14H20FNO.C13H19NOS.C13H19NO/c1-13(2,3)16-11-7-6-10(15)8-12(11)17-9-14(16,4)5;1-13(2,3)14-9-10-16(4,15)12-8-6-5-7-11(12)14;1-10(2)14-9-13(3,4)15-12-8-6-5-7-11(12)14/h6-8H,9H2,1-5H3;5-8H,4,9-10H2,1-3H3;5-8,10H,9H2,1-4H3. The smallest absolute Gasteiger partial charge is 0.145 e. The van der Waals surface area contributed by atoms with Crippen LogP contribution in [0, 0.1) is 5.82 Å². The van der Waals surface area contributed by atoms with Crippen LogP contribution in [0.2, 0.25) is 0 Å². The monoisotopic (exact) mass is 679 g/mol. The van der Waals surface area contributed by atoms with Crippen LogP contribution in [0.4, 0.5) is 21.5 Å². The Balaban J connectivity index is 0.000000163. The lowest BCUT2D eigenvalue weighted by molar-refractivity contribution is 0.103. The zero-order chi connectivity index (χ0) is 35.9. The molecule has 8 heteroatoms. The van der Waals surface area contributed by atoms with Crippen LogP contribution < -0.4 is 24.2 Å². The Hall–Kier alpha value is -3.39. The van der Waals surface area contributed by atoms with E-state index in [0.717, 1.165) is 35.1 Å². The summed E-state index contributed by atoms with van der Waals surface area (Å²) in [5.74, 6) is 5.93. The zero-order valence-corrected chi connectivity index (χ0v) is 32.1. The van der Waals surface area contributed by atoms with E-state index in [9.17, 15) is 8.60 Å². The average Bonchev–Trinajstić information content (AvgIpc) is 2.95. The van der Waals surface area contributed by atoms with Gasteiger partial charge in [0, 0.05) is 35.5 Å². The highest BCUT2D eigenvalue weighted by molar-refractivity contribution is 8.00. The number of benzene rings is 3. The van der Waals surface area contributed by atoms with Crippen LogP contribution in [-0.4, -0.2) is 63.8 Å². The van der Waals surface area contributed by atoms with E-state index >= 15 is 0 Å². The molecule has 3 aromatic rings. The maximum Gasteiger partial charge on any atom is 0.145 e. The van der Waals surface area contributed by atoms with E-state index < -0.39 is 9.52 Å². The van der Waals surface area contributed by atoms with Gasteiger partial charge in [-0.3, -0.25) is 4.21 Å². The molecular weight excluding hydrogens is 622 g/mol. The van der Waals surface area contributed by atoms with Gasteiger partial charge in [0.1, 0.15) is 29.5 Å². The van der Waals surface area contributed by atoms with Crippen molar-refractivity contribution in [3.05, 3.63) is 72.5 Å². The Morgan fingerprint density at radius 1 is 0.833 bits per heavy atom. The molecular formula is C40H58FN3O3S. The summed E-state index contributed by atoms with van der Waals surface area (Å²) in [6, 6.07) is 21.5. The molecule has 0 aromatic heterocycles. The SMILES string of the molecule is C=S1(=O)CCN(C(C)(C)C)c2ccccc21.CC(C)(C)N1c2ccc(F)cc2OCC1(C)C.CC(C)N1CC(C)(C)Oc2ccccc21. The van der Waals surface area contributed by atoms with Crippen LogP contribution in [0.25, 0.3) is 0 Å². The van der Waals surface area contributed by atoms with E-state index in [1.807, 2.05) is 36.4 Å². The molecule has 3 aliphatic rings. The Morgan fingerprint density at radius 3 is 2.04 bits per heavy atom. The molecule has 0 amide bonds. The average molecular weight is 680 g/mol. The van der Waals surface area contributed by atoms with E-state index in [-0.39, 0.29) is 28.0 Å². The predicted molar refractivity (Wildman–Crippen MR) is 204 cm³/mol. The van der Waals surface area contributed by atoms with Crippen molar-refractivity contribution in [2.75, 3.05) is 40.1 Å². The maximum absolute atomic E-state index is 13.2. The van der Waals surface area contributed by atoms with Crippen LogP contribution >= 0.6 is 0 Å². The van der Waals surface area contributed by atoms with E-state index in [1.54, 1.807) is 6.07 Å². The summed E-state index contributed by atoms with van der Waals surface area (Å²) in [6.07, 6.45) is 0. The van der Waals surface area contributed by atoms with Crippen molar-refractivity contribution in [1.82, 2.24) is 0 Å². The second-order valence-corrected chi connectivity index (χ2v) is 19.0. The van der Waals surface area contributed by atoms with Crippen molar-refractivity contribution < 1.29 is 18.1 Å². The first kappa shape index (κ1) is 37.4. The number of anilines is 3. The highest BCUT2D eigenvalue weighted by Crippen LogP contribution is 2.43. The van der Waals surface area contributed by atoms with Crippen LogP contribution in [0.5, 0.6) is 11.5 Å². The van der Waals surface area contributed by atoms with Crippen molar-refractivity contribution >= 4 is 32.5 Å². The van der Waals surface area contributed by atoms with Gasteiger partial charge in [0.25, 0.3) is 0 Å². The van der Waals surface area contributed by atoms with Crippen molar-refractivity contribution in [2.24, 2.45) is 0 Å². The topological polar surface area (TPSA) is 45.2 Å². The van der Waals surface area contributed by atoms with Gasteiger partial charge in [-0.25, -0.2) is 4.39 Å². The van der Waals surface area contributed by atoms with Gasteiger partial charge in [0.15, 0.2) is 0 Å². The Bertz CT molecular complexity index is 1690. The molecule has 3 heterocycles. The summed E-state index contributed by atoms with van der Waals surface area (Å²) in [7, 11) is -2.08. The maximum atomic E-state index is 13.2. The first-order valence-electron chi connectivity index (χ1n) is 17.0. The van der Waals surface area contributed by atoms with Crippen molar-refractivity contribution in [3.63, 3.8) is 0 Å². The lowest BCUT2D eigenvalue weighted by Gasteiger charge is -2.51. The van der Waals surface area contributed by atoms with Gasteiger partial charge in [-0.05, 0) is 135 Å². The molecule has 3 aromatic carbocycles. The third-order valence-electron chi connectivity index (χ3n) is 8.77.